The molecule has 5 heteroatoms. The molecule has 0 aromatic carbocycles. The summed E-state index contributed by atoms with van der Waals surface area (Å²) in [6.45, 7) is 4.27. The van der Waals surface area contributed by atoms with E-state index in [0.717, 1.165) is 12.8 Å². The van der Waals surface area contributed by atoms with Gasteiger partial charge >= 0.3 is 0 Å². The molecule has 1 fully saturated rings. The summed E-state index contributed by atoms with van der Waals surface area (Å²) in [6.07, 6.45) is 1.62. The molecule has 1 aliphatic rings. The maximum atomic E-state index is 11.5. The molecule has 1 rings (SSSR count). The predicted molar refractivity (Wildman–Crippen MR) is 61.2 cm³/mol. The molecule has 2 atom stereocenters. The smallest absolute Gasteiger partial charge is 0.251 e. The van der Waals surface area contributed by atoms with Crippen molar-refractivity contribution in [3.63, 3.8) is 0 Å². The third kappa shape index (κ3) is 5.49. The molecule has 15 heavy (non-hydrogen) atoms. The molecule has 1 amide bonds. The van der Waals surface area contributed by atoms with E-state index in [0.29, 0.717) is 31.2 Å². The number of hydrogen-bond acceptors (Lipinski definition) is 3. The van der Waals surface area contributed by atoms with Crippen LogP contribution in [0, 0.1) is 0 Å². The lowest BCUT2D eigenvalue weighted by molar-refractivity contribution is -0.147. The van der Waals surface area contributed by atoms with Crippen LogP contribution in [0.3, 0.4) is 0 Å². The van der Waals surface area contributed by atoms with Crippen LogP contribution in [0.2, 0.25) is 0 Å². The molecular weight excluding hydrogens is 262 g/mol. The normalized spacial score (nSPS) is 23.5. The Balaban J connectivity index is 2.07. The number of nitrogens with one attached hydrogen (secondary N) is 1. The van der Waals surface area contributed by atoms with Crippen LogP contribution in [0.25, 0.3) is 0 Å². The van der Waals surface area contributed by atoms with Crippen molar-refractivity contribution in [3.8, 4) is 0 Å². The maximum Gasteiger partial charge on any atom is 0.251 e. The number of halogens is 1. The molecule has 1 N–H and O–H groups in total. The zero-order valence-electron chi connectivity index (χ0n) is 9.00. The highest BCUT2D eigenvalue weighted by Gasteiger charge is 2.21. The van der Waals surface area contributed by atoms with Crippen molar-refractivity contribution in [2.75, 3.05) is 26.4 Å². The van der Waals surface area contributed by atoms with Crippen molar-refractivity contribution >= 4 is 21.8 Å². The van der Waals surface area contributed by atoms with E-state index in [9.17, 15) is 4.79 Å². The summed E-state index contributed by atoms with van der Waals surface area (Å²) >= 11 is 3.46. The van der Waals surface area contributed by atoms with Crippen LogP contribution in [-0.4, -0.2) is 43.2 Å². The van der Waals surface area contributed by atoms with E-state index < -0.39 is 6.10 Å². The highest BCUT2D eigenvalue weighted by molar-refractivity contribution is 9.09. The molecular formula is C10H18BrNO3. The Labute approximate surface area is 98.8 Å². The zero-order valence-corrected chi connectivity index (χ0v) is 10.6. The van der Waals surface area contributed by atoms with Crippen molar-refractivity contribution in [1.29, 1.82) is 0 Å². The van der Waals surface area contributed by atoms with E-state index >= 15 is 0 Å². The van der Waals surface area contributed by atoms with Crippen LogP contribution in [-0.2, 0) is 14.3 Å². The fourth-order valence-corrected chi connectivity index (χ4v) is 1.67. The Morgan fingerprint density at radius 2 is 2.40 bits per heavy atom. The van der Waals surface area contributed by atoms with Crippen LogP contribution in [0.5, 0.6) is 0 Å². The summed E-state index contributed by atoms with van der Waals surface area (Å²) in [5.41, 5.74) is 0. The average Bonchev–Trinajstić information content (AvgIpc) is 2.25. The zero-order chi connectivity index (χ0) is 11.1. The summed E-state index contributed by atoms with van der Waals surface area (Å²) in [6, 6.07) is 0. The molecule has 2 unspecified atom stereocenters. The van der Waals surface area contributed by atoms with Crippen molar-refractivity contribution in [1.82, 2.24) is 5.32 Å². The molecule has 0 aromatic heterocycles. The number of alkyl halides is 1. The van der Waals surface area contributed by atoms with Gasteiger partial charge in [-0.25, -0.2) is 0 Å². The molecule has 0 bridgehead atoms. The molecule has 0 spiro atoms. The van der Waals surface area contributed by atoms with Crippen LogP contribution < -0.4 is 5.32 Å². The Hall–Kier alpha value is -0.130. The fraction of sp³-hybridized carbons (Fsp3) is 0.900. The number of carbonyl (C=O) groups excluding carboxylic acids is 1. The van der Waals surface area contributed by atoms with Crippen LogP contribution in [0.15, 0.2) is 0 Å². The van der Waals surface area contributed by atoms with Gasteiger partial charge < -0.3 is 14.8 Å². The van der Waals surface area contributed by atoms with E-state index in [2.05, 4.69) is 28.2 Å². The molecule has 0 saturated carbocycles. The Kier molecular flexibility index (Phi) is 6.20. The highest BCUT2D eigenvalue weighted by atomic mass is 79.9. The second-order valence-corrected chi connectivity index (χ2v) is 5.21. The largest absolute Gasteiger partial charge is 0.376 e. The molecule has 0 aliphatic carbocycles. The first-order chi connectivity index (χ1) is 7.20. The molecule has 0 aromatic rings. The fourth-order valence-electron chi connectivity index (χ4n) is 1.35. The monoisotopic (exact) mass is 279 g/mol. The quantitative estimate of drug-likeness (QED) is 0.605. The minimum Gasteiger partial charge on any atom is -0.376 e. The van der Waals surface area contributed by atoms with Crippen LogP contribution >= 0.6 is 15.9 Å². The van der Waals surface area contributed by atoms with Gasteiger partial charge in [0.05, 0.1) is 19.8 Å². The number of rotatable bonds is 5. The van der Waals surface area contributed by atoms with E-state index in [1.165, 1.54) is 0 Å². The van der Waals surface area contributed by atoms with E-state index in [4.69, 9.17) is 9.47 Å². The van der Waals surface area contributed by atoms with E-state index in [-0.39, 0.29) is 5.91 Å². The third-order valence-electron chi connectivity index (χ3n) is 2.19. The van der Waals surface area contributed by atoms with Gasteiger partial charge in [0.15, 0.2) is 6.10 Å². The molecule has 1 heterocycles. The summed E-state index contributed by atoms with van der Waals surface area (Å²) in [5.74, 6) is -0.0584. The number of amides is 1. The highest BCUT2D eigenvalue weighted by Crippen LogP contribution is 2.05. The van der Waals surface area contributed by atoms with Gasteiger partial charge in [-0.2, -0.15) is 0 Å². The number of ether oxygens (including phenoxy) is 2. The first-order valence-corrected chi connectivity index (χ1v) is 6.23. The first-order valence-electron chi connectivity index (χ1n) is 5.31. The molecule has 4 nitrogen and oxygen atoms in total. The van der Waals surface area contributed by atoms with Crippen molar-refractivity contribution in [3.05, 3.63) is 0 Å². The Morgan fingerprint density at radius 3 is 3.00 bits per heavy atom. The maximum absolute atomic E-state index is 11.5. The number of carbonyl (C=O) groups is 1. The van der Waals surface area contributed by atoms with Gasteiger partial charge in [0.1, 0.15) is 0 Å². The SMILES string of the molecule is CC(Br)CCCNC(=O)C1COCCO1. The van der Waals surface area contributed by atoms with Gasteiger partial charge in [0.2, 0.25) is 0 Å². The van der Waals surface area contributed by atoms with Crippen LogP contribution in [0.1, 0.15) is 19.8 Å². The molecule has 0 radical (unpaired) electrons. The van der Waals surface area contributed by atoms with E-state index in [1.54, 1.807) is 0 Å². The van der Waals surface area contributed by atoms with Gasteiger partial charge in [-0.15, -0.1) is 0 Å². The van der Waals surface area contributed by atoms with Gasteiger partial charge in [-0.05, 0) is 12.8 Å². The lowest BCUT2D eigenvalue weighted by atomic mass is 10.2. The lowest BCUT2D eigenvalue weighted by Gasteiger charge is -2.22. The second kappa shape index (κ2) is 7.19. The van der Waals surface area contributed by atoms with Crippen molar-refractivity contribution in [2.24, 2.45) is 0 Å². The second-order valence-electron chi connectivity index (χ2n) is 3.65. The summed E-state index contributed by atoms with van der Waals surface area (Å²) < 4.78 is 10.4. The average molecular weight is 280 g/mol. The minimum absolute atomic E-state index is 0.0584. The summed E-state index contributed by atoms with van der Waals surface area (Å²) in [7, 11) is 0. The lowest BCUT2D eigenvalue weighted by Crippen LogP contribution is -2.43. The summed E-state index contributed by atoms with van der Waals surface area (Å²) in [4.78, 5) is 12.0. The number of hydrogen-bond donors (Lipinski definition) is 1. The van der Waals surface area contributed by atoms with Gasteiger partial charge in [0.25, 0.3) is 5.91 Å². The Bertz CT molecular complexity index is 193. The van der Waals surface area contributed by atoms with Gasteiger partial charge in [0, 0.05) is 11.4 Å². The predicted octanol–water partition coefficient (Wildman–Crippen LogP) is 1.08. The standard InChI is InChI=1S/C10H18BrNO3/c1-8(11)3-2-4-12-10(13)9-7-14-5-6-15-9/h8-9H,2-7H2,1H3,(H,12,13). The Morgan fingerprint density at radius 1 is 1.60 bits per heavy atom. The molecule has 88 valence electrons. The van der Waals surface area contributed by atoms with Gasteiger partial charge in [-0.3, -0.25) is 4.79 Å². The molecule has 1 saturated heterocycles. The summed E-state index contributed by atoms with van der Waals surface area (Å²) in [5, 5.41) is 2.84. The van der Waals surface area contributed by atoms with E-state index in [1.807, 2.05) is 0 Å². The third-order valence-corrected chi connectivity index (χ3v) is 2.64. The van der Waals surface area contributed by atoms with Gasteiger partial charge in [-0.1, -0.05) is 22.9 Å². The first kappa shape index (κ1) is 12.9. The minimum atomic E-state index is -0.417. The van der Waals surface area contributed by atoms with Crippen LogP contribution in [0.4, 0.5) is 0 Å². The van der Waals surface area contributed by atoms with Crippen molar-refractivity contribution in [2.45, 2.75) is 30.7 Å². The molecule has 1 aliphatic heterocycles. The topological polar surface area (TPSA) is 47.6 Å². The van der Waals surface area contributed by atoms with Crippen molar-refractivity contribution < 1.29 is 14.3 Å².